The number of nitrogens with one attached hydrogen (secondary N) is 1. The van der Waals surface area contributed by atoms with Crippen LogP contribution in [-0.4, -0.2) is 32.8 Å². The second-order valence-corrected chi connectivity index (χ2v) is 4.69. The lowest BCUT2D eigenvalue weighted by Crippen LogP contribution is -2.16. The fraction of sp³-hybridized carbons (Fsp3) is 0.533. The van der Waals surface area contributed by atoms with Crippen LogP contribution in [0.2, 0.25) is 0 Å². The molecule has 0 aliphatic carbocycles. The third-order valence-electron chi connectivity index (χ3n) is 3.10. The van der Waals surface area contributed by atoms with Gasteiger partial charge in [-0.3, -0.25) is 4.79 Å². The average Bonchev–Trinajstić information content (AvgIpc) is 2.71. The summed E-state index contributed by atoms with van der Waals surface area (Å²) in [6.45, 7) is 2.93. The predicted octanol–water partition coefficient (Wildman–Crippen LogP) is 1.89. The lowest BCUT2D eigenvalue weighted by molar-refractivity contribution is -0.140. The van der Waals surface area contributed by atoms with Crippen LogP contribution in [0.1, 0.15) is 24.8 Å². The van der Waals surface area contributed by atoms with Gasteiger partial charge in [0.25, 0.3) is 0 Å². The van der Waals surface area contributed by atoms with Crippen LogP contribution < -0.4 is 14.8 Å². The molecule has 0 atom stereocenters. The maximum atomic E-state index is 11.0. The van der Waals surface area contributed by atoms with Crippen LogP contribution in [0.25, 0.3) is 0 Å². The minimum Gasteiger partial charge on any atom is -0.490 e. The van der Waals surface area contributed by atoms with E-state index in [0.717, 1.165) is 43.0 Å². The topological polar surface area (TPSA) is 56.8 Å². The molecule has 20 heavy (non-hydrogen) atoms. The molecule has 1 aliphatic heterocycles. The predicted molar refractivity (Wildman–Crippen MR) is 75.0 cm³/mol. The lowest BCUT2D eigenvalue weighted by atomic mass is 10.2. The number of carbonyl (C=O) groups is 1. The van der Waals surface area contributed by atoms with E-state index in [4.69, 9.17) is 9.47 Å². The summed E-state index contributed by atoms with van der Waals surface area (Å²) in [7, 11) is 1.41. The highest BCUT2D eigenvalue weighted by molar-refractivity contribution is 5.69. The summed E-state index contributed by atoms with van der Waals surface area (Å²) in [6, 6.07) is 5.99. The molecule has 0 fully saturated rings. The Morgan fingerprint density at radius 3 is 2.90 bits per heavy atom. The van der Waals surface area contributed by atoms with Gasteiger partial charge in [0.15, 0.2) is 11.5 Å². The van der Waals surface area contributed by atoms with Crippen molar-refractivity contribution >= 4 is 5.97 Å². The van der Waals surface area contributed by atoms with E-state index in [2.05, 4.69) is 10.1 Å². The highest BCUT2D eigenvalue weighted by Crippen LogP contribution is 2.30. The summed E-state index contributed by atoms with van der Waals surface area (Å²) in [5.74, 6) is 1.47. The van der Waals surface area contributed by atoms with Gasteiger partial charge in [0.2, 0.25) is 0 Å². The fourth-order valence-electron chi connectivity index (χ4n) is 2.01. The first kappa shape index (κ1) is 14.7. The van der Waals surface area contributed by atoms with Crippen LogP contribution in [0.5, 0.6) is 11.5 Å². The monoisotopic (exact) mass is 279 g/mol. The van der Waals surface area contributed by atoms with E-state index in [9.17, 15) is 4.79 Å². The summed E-state index contributed by atoms with van der Waals surface area (Å²) in [4.78, 5) is 11.0. The van der Waals surface area contributed by atoms with Crippen molar-refractivity contribution in [3.63, 3.8) is 0 Å². The van der Waals surface area contributed by atoms with E-state index < -0.39 is 0 Å². The van der Waals surface area contributed by atoms with E-state index in [-0.39, 0.29) is 5.97 Å². The molecule has 1 aliphatic rings. The van der Waals surface area contributed by atoms with Gasteiger partial charge < -0.3 is 19.5 Å². The van der Waals surface area contributed by atoms with Crippen LogP contribution in [0.15, 0.2) is 18.2 Å². The highest BCUT2D eigenvalue weighted by atomic mass is 16.5. The maximum Gasteiger partial charge on any atom is 0.305 e. The molecule has 0 aromatic heterocycles. The van der Waals surface area contributed by atoms with Gasteiger partial charge in [-0.25, -0.2) is 0 Å². The molecule has 0 unspecified atom stereocenters. The third kappa shape index (κ3) is 4.42. The van der Waals surface area contributed by atoms with E-state index in [1.54, 1.807) is 0 Å². The number of hydrogen-bond acceptors (Lipinski definition) is 5. The number of esters is 1. The summed E-state index contributed by atoms with van der Waals surface area (Å²) >= 11 is 0. The molecule has 2 rings (SSSR count). The Morgan fingerprint density at radius 2 is 2.10 bits per heavy atom. The molecule has 5 nitrogen and oxygen atoms in total. The largest absolute Gasteiger partial charge is 0.490 e. The number of hydrogen-bond donors (Lipinski definition) is 1. The highest BCUT2D eigenvalue weighted by Gasteiger charge is 2.10. The molecule has 0 saturated carbocycles. The fourth-order valence-corrected chi connectivity index (χ4v) is 2.01. The summed E-state index contributed by atoms with van der Waals surface area (Å²) in [6.07, 6.45) is 2.14. The van der Waals surface area contributed by atoms with Gasteiger partial charge >= 0.3 is 5.97 Å². The molecule has 1 N–H and O–H groups in total. The third-order valence-corrected chi connectivity index (χ3v) is 3.10. The first-order chi connectivity index (χ1) is 9.79. The molecule has 1 aromatic carbocycles. The van der Waals surface area contributed by atoms with Crippen molar-refractivity contribution < 1.29 is 19.0 Å². The van der Waals surface area contributed by atoms with Crippen molar-refractivity contribution in [1.82, 2.24) is 5.32 Å². The molecule has 0 saturated heterocycles. The maximum absolute atomic E-state index is 11.0. The molecule has 1 aromatic rings. The van der Waals surface area contributed by atoms with Crippen molar-refractivity contribution in [3.05, 3.63) is 23.8 Å². The number of methoxy groups -OCH3 is 1. The smallest absolute Gasteiger partial charge is 0.305 e. The molecular weight excluding hydrogens is 258 g/mol. The zero-order valence-corrected chi connectivity index (χ0v) is 11.8. The lowest BCUT2D eigenvalue weighted by Gasteiger charge is -2.10. The first-order valence-corrected chi connectivity index (χ1v) is 6.95. The average molecular weight is 279 g/mol. The zero-order chi connectivity index (χ0) is 14.2. The van der Waals surface area contributed by atoms with E-state index in [0.29, 0.717) is 19.6 Å². The molecule has 0 amide bonds. The Balaban J connectivity index is 1.76. The van der Waals surface area contributed by atoms with E-state index in [1.807, 2.05) is 18.2 Å². The Kier molecular flexibility index (Phi) is 5.68. The first-order valence-electron chi connectivity index (χ1n) is 6.95. The van der Waals surface area contributed by atoms with Crippen LogP contribution in [0.3, 0.4) is 0 Å². The Bertz CT molecular complexity index is 447. The van der Waals surface area contributed by atoms with Gasteiger partial charge in [-0.05, 0) is 30.7 Å². The molecule has 0 spiro atoms. The number of ether oxygens (including phenoxy) is 3. The summed E-state index contributed by atoms with van der Waals surface area (Å²) in [5, 5.41) is 3.30. The van der Waals surface area contributed by atoms with E-state index in [1.165, 1.54) is 7.11 Å². The van der Waals surface area contributed by atoms with Gasteiger partial charge in [0.1, 0.15) is 0 Å². The van der Waals surface area contributed by atoms with Crippen LogP contribution in [-0.2, 0) is 16.1 Å². The number of rotatable bonds is 6. The van der Waals surface area contributed by atoms with Crippen LogP contribution >= 0.6 is 0 Å². The van der Waals surface area contributed by atoms with Gasteiger partial charge in [-0.1, -0.05) is 6.07 Å². The summed E-state index contributed by atoms with van der Waals surface area (Å²) < 4.78 is 15.8. The van der Waals surface area contributed by atoms with Gasteiger partial charge in [0.05, 0.1) is 20.3 Å². The Labute approximate surface area is 119 Å². The van der Waals surface area contributed by atoms with Crippen molar-refractivity contribution in [3.8, 4) is 11.5 Å². The Hall–Kier alpha value is -1.75. The van der Waals surface area contributed by atoms with E-state index >= 15 is 0 Å². The zero-order valence-electron chi connectivity index (χ0n) is 11.8. The quantitative estimate of drug-likeness (QED) is 0.636. The van der Waals surface area contributed by atoms with Crippen molar-refractivity contribution in [2.45, 2.75) is 25.8 Å². The minimum absolute atomic E-state index is 0.164. The van der Waals surface area contributed by atoms with Crippen LogP contribution in [0.4, 0.5) is 0 Å². The second kappa shape index (κ2) is 7.75. The summed E-state index contributed by atoms with van der Waals surface area (Å²) in [5.41, 5.74) is 1.15. The number of carbonyl (C=O) groups excluding carboxylic acids is 1. The standard InChI is InChI=1S/C15H21NO4/c1-18-15(17)4-2-7-16-11-12-5-6-13-14(10-12)20-9-3-8-19-13/h5-6,10,16H,2-4,7-9,11H2,1H3. The van der Waals surface area contributed by atoms with Gasteiger partial charge in [-0.2, -0.15) is 0 Å². The number of benzene rings is 1. The number of fused-ring (bicyclic) bond motifs is 1. The van der Waals surface area contributed by atoms with Gasteiger partial charge in [-0.15, -0.1) is 0 Å². The molecular formula is C15H21NO4. The SMILES string of the molecule is COC(=O)CCCNCc1ccc2c(c1)OCCCO2. The Morgan fingerprint density at radius 1 is 1.30 bits per heavy atom. The second-order valence-electron chi connectivity index (χ2n) is 4.69. The van der Waals surface area contributed by atoms with Gasteiger partial charge in [0, 0.05) is 19.4 Å². The van der Waals surface area contributed by atoms with Crippen LogP contribution in [0, 0.1) is 0 Å². The normalized spacial score (nSPS) is 13.7. The molecule has 5 heteroatoms. The molecule has 0 bridgehead atoms. The van der Waals surface area contributed by atoms with Crippen molar-refractivity contribution in [2.24, 2.45) is 0 Å². The minimum atomic E-state index is -0.164. The van der Waals surface area contributed by atoms with Crippen molar-refractivity contribution in [2.75, 3.05) is 26.9 Å². The molecule has 110 valence electrons. The molecule has 0 radical (unpaired) electrons. The molecule has 1 heterocycles. The van der Waals surface area contributed by atoms with Crippen molar-refractivity contribution in [1.29, 1.82) is 0 Å².